The SMILES string of the molecule is NC(CCc1cccs1)OC(=O)CC(O)(CC(=O)OCC(=O)O)C(=O)O. The van der Waals surface area contributed by atoms with Crippen molar-refractivity contribution in [3.63, 3.8) is 0 Å². The summed E-state index contributed by atoms with van der Waals surface area (Å²) in [5, 5.41) is 29.3. The zero-order valence-corrected chi connectivity index (χ0v) is 14.4. The van der Waals surface area contributed by atoms with Crippen LogP contribution in [0.25, 0.3) is 0 Å². The van der Waals surface area contributed by atoms with Gasteiger partial charge in [0, 0.05) is 11.3 Å². The minimum Gasteiger partial charge on any atom is -0.479 e. The minimum absolute atomic E-state index is 0.290. The average molecular weight is 389 g/mol. The molecule has 0 amide bonds. The normalized spacial score (nSPS) is 14.1. The summed E-state index contributed by atoms with van der Waals surface area (Å²) in [6.07, 6.45) is -2.33. The van der Waals surface area contributed by atoms with Gasteiger partial charge in [-0.05, 0) is 17.9 Å². The molecule has 1 aromatic rings. The highest BCUT2D eigenvalue weighted by molar-refractivity contribution is 7.09. The molecule has 0 saturated carbocycles. The summed E-state index contributed by atoms with van der Waals surface area (Å²) in [6.45, 7) is -0.993. The summed E-state index contributed by atoms with van der Waals surface area (Å²) in [7, 11) is 0. The van der Waals surface area contributed by atoms with Gasteiger partial charge >= 0.3 is 23.9 Å². The summed E-state index contributed by atoms with van der Waals surface area (Å²) >= 11 is 1.50. The van der Waals surface area contributed by atoms with Crippen LogP contribution in [0.15, 0.2) is 17.5 Å². The van der Waals surface area contributed by atoms with E-state index in [1.54, 1.807) is 0 Å². The number of ether oxygens (including phenoxy) is 2. The van der Waals surface area contributed by atoms with Crippen LogP contribution < -0.4 is 5.73 Å². The molecule has 1 rings (SSSR count). The number of carbonyl (C=O) groups excluding carboxylic acids is 2. The van der Waals surface area contributed by atoms with Crippen LogP contribution in [0.3, 0.4) is 0 Å². The molecule has 144 valence electrons. The highest BCUT2D eigenvalue weighted by atomic mass is 32.1. The topological polar surface area (TPSA) is 173 Å². The Morgan fingerprint density at radius 2 is 1.85 bits per heavy atom. The molecule has 0 saturated heterocycles. The number of aliphatic hydroxyl groups is 1. The van der Waals surface area contributed by atoms with Gasteiger partial charge < -0.3 is 24.8 Å². The third-order valence-electron chi connectivity index (χ3n) is 3.17. The van der Waals surface area contributed by atoms with E-state index in [9.17, 15) is 24.3 Å². The van der Waals surface area contributed by atoms with E-state index < -0.39 is 55.2 Å². The van der Waals surface area contributed by atoms with E-state index in [1.165, 1.54) is 11.3 Å². The maximum atomic E-state index is 11.8. The molecule has 10 nitrogen and oxygen atoms in total. The van der Waals surface area contributed by atoms with Crippen molar-refractivity contribution in [3.05, 3.63) is 22.4 Å². The van der Waals surface area contributed by atoms with E-state index in [2.05, 4.69) is 4.74 Å². The fourth-order valence-electron chi connectivity index (χ4n) is 1.89. The largest absolute Gasteiger partial charge is 0.479 e. The van der Waals surface area contributed by atoms with Gasteiger partial charge in [-0.1, -0.05) is 6.07 Å². The molecule has 0 aromatic carbocycles. The first-order valence-electron chi connectivity index (χ1n) is 7.43. The van der Waals surface area contributed by atoms with Crippen LogP contribution in [0.1, 0.15) is 24.1 Å². The van der Waals surface area contributed by atoms with Crippen LogP contribution in [0.2, 0.25) is 0 Å². The molecule has 2 atom stereocenters. The predicted octanol–water partition coefficient (Wildman–Crippen LogP) is -0.268. The van der Waals surface area contributed by atoms with Gasteiger partial charge in [-0.2, -0.15) is 0 Å². The van der Waals surface area contributed by atoms with Crippen molar-refractivity contribution < 1.29 is 44.0 Å². The van der Waals surface area contributed by atoms with E-state index in [1.807, 2.05) is 17.5 Å². The molecular formula is C15H19NO9S. The molecule has 0 aliphatic heterocycles. The van der Waals surface area contributed by atoms with E-state index >= 15 is 0 Å². The number of aliphatic carboxylic acids is 2. The predicted molar refractivity (Wildman–Crippen MR) is 87.1 cm³/mol. The zero-order valence-electron chi connectivity index (χ0n) is 13.6. The van der Waals surface area contributed by atoms with Crippen LogP contribution in [0.4, 0.5) is 0 Å². The maximum Gasteiger partial charge on any atom is 0.341 e. The van der Waals surface area contributed by atoms with E-state index in [4.69, 9.17) is 20.7 Å². The molecule has 0 spiro atoms. The number of carbonyl (C=O) groups is 4. The first kappa shape index (κ1) is 21.5. The van der Waals surface area contributed by atoms with Crippen LogP contribution >= 0.6 is 11.3 Å². The van der Waals surface area contributed by atoms with Crippen LogP contribution in [-0.4, -0.2) is 57.6 Å². The van der Waals surface area contributed by atoms with Gasteiger partial charge in [-0.3, -0.25) is 15.3 Å². The Kier molecular flexibility index (Phi) is 8.16. The Labute approximate surface area is 152 Å². The number of carboxylic acid groups (broad SMARTS) is 2. The summed E-state index contributed by atoms with van der Waals surface area (Å²) in [5.41, 5.74) is 2.85. The number of hydrogen-bond acceptors (Lipinski definition) is 9. The molecule has 0 fully saturated rings. The molecule has 0 radical (unpaired) electrons. The third-order valence-corrected chi connectivity index (χ3v) is 4.10. The van der Waals surface area contributed by atoms with Crippen molar-refractivity contribution in [1.29, 1.82) is 0 Å². The van der Waals surface area contributed by atoms with Gasteiger partial charge in [0.2, 0.25) is 0 Å². The molecule has 2 unspecified atom stereocenters. The average Bonchev–Trinajstić information content (AvgIpc) is 3.03. The second-order valence-electron chi connectivity index (χ2n) is 5.39. The first-order chi connectivity index (χ1) is 12.1. The Morgan fingerprint density at radius 3 is 2.38 bits per heavy atom. The first-order valence-corrected chi connectivity index (χ1v) is 8.31. The number of aryl methyl sites for hydroxylation is 1. The second kappa shape index (κ2) is 9.85. The molecule has 0 aliphatic carbocycles. The van der Waals surface area contributed by atoms with Crippen molar-refractivity contribution in [3.8, 4) is 0 Å². The smallest absolute Gasteiger partial charge is 0.341 e. The van der Waals surface area contributed by atoms with Gasteiger partial charge in [0.05, 0.1) is 12.8 Å². The lowest BCUT2D eigenvalue weighted by Gasteiger charge is -2.22. The quantitative estimate of drug-likeness (QED) is 0.291. The third kappa shape index (κ3) is 7.59. The summed E-state index contributed by atoms with van der Waals surface area (Å²) in [4.78, 5) is 45.8. The number of rotatable bonds is 11. The van der Waals surface area contributed by atoms with E-state index in [-0.39, 0.29) is 0 Å². The number of esters is 2. The highest BCUT2D eigenvalue weighted by Gasteiger charge is 2.42. The number of nitrogens with two attached hydrogens (primary N) is 1. The fourth-order valence-corrected chi connectivity index (χ4v) is 2.62. The van der Waals surface area contributed by atoms with Crippen LogP contribution in [0, 0.1) is 0 Å². The Bertz CT molecular complexity index is 646. The highest BCUT2D eigenvalue weighted by Crippen LogP contribution is 2.19. The number of carboxylic acids is 2. The van der Waals surface area contributed by atoms with E-state index in [0.717, 1.165) is 4.88 Å². The summed E-state index contributed by atoms with van der Waals surface area (Å²) < 4.78 is 9.10. The second-order valence-corrected chi connectivity index (χ2v) is 6.42. The molecule has 5 N–H and O–H groups in total. The van der Waals surface area contributed by atoms with E-state index in [0.29, 0.717) is 12.8 Å². The lowest BCUT2D eigenvalue weighted by atomic mass is 9.96. The Morgan fingerprint density at radius 1 is 1.19 bits per heavy atom. The number of hydrogen-bond donors (Lipinski definition) is 4. The summed E-state index contributed by atoms with van der Waals surface area (Å²) in [5.74, 6) is -5.70. The molecule has 0 aliphatic rings. The molecule has 11 heteroatoms. The Balaban J connectivity index is 2.53. The number of thiophene rings is 1. The fraction of sp³-hybridized carbons (Fsp3) is 0.467. The minimum atomic E-state index is -2.79. The van der Waals surface area contributed by atoms with Crippen molar-refractivity contribution in [2.75, 3.05) is 6.61 Å². The van der Waals surface area contributed by atoms with Crippen molar-refractivity contribution in [1.82, 2.24) is 0 Å². The lowest BCUT2D eigenvalue weighted by Crippen LogP contribution is -2.44. The molecule has 1 heterocycles. The molecular weight excluding hydrogens is 370 g/mol. The zero-order chi connectivity index (χ0) is 19.7. The molecule has 26 heavy (non-hydrogen) atoms. The lowest BCUT2D eigenvalue weighted by molar-refractivity contribution is -0.175. The van der Waals surface area contributed by atoms with Crippen molar-refractivity contribution in [2.24, 2.45) is 5.73 Å². The molecule has 0 bridgehead atoms. The summed E-state index contributed by atoms with van der Waals surface area (Å²) in [6, 6.07) is 3.74. The van der Waals surface area contributed by atoms with Gasteiger partial charge in [0.25, 0.3) is 0 Å². The monoisotopic (exact) mass is 389 g/mol. The van der Waals surface area contributed by atoms with Crippen molar-refractivity contribution in [2.45, 2.75) is 37.5 Å². The van der Waals surface area contributed by atoms with Crippen LogP contribution in [-0.2, 0) is 35.1 Å². The Hall–Kier alpha value is -2.50. The maximum absolute atomic E-state index is 11.8. The van der Waals surface area contributed by atoms with Gasteiger partial charge in [0.1, 0.15) is 0 Å². The molecule has 1 aromatic heterocycles. The standard InChI is InChI=1S/C15H19NO9S/c16-10(4-3-9-2-1-5-26-9)25-13(20)7-15(23,14(21)22)6-12(19)24-8-11(17)18/h1-2,5,10,23H,3-4,6-8,16H2,(H,17,18)(H,21,22). The van der Waals surface area contributed by atoms with Gasteiger partial charge in [-0.15, -0.1) is 11.3 Å². The van der Waals surface area contributed by atoms with Gasteiger partial charge in [-0.25, -0.2) is 9.59 Å². The van der Waals surface area contributed by atoms with Gasteiger partial charge in [0.15, 0.2) is 18.4 Å². The van der Waals surface area contributed by atoms with Crippen molar-refractivity contribution >= 4 is 35.2 Å². The van der Waals surface area contributed by atoms with Crippen LogP contribution in [0.5, 0.6) is 0 Å².